The normalized spacial score (nSPS) is 0. The Bertz CT molecular complexity index is 3.25. The first kappa shape index (κ1) is 29.5. The van der Waals surface area contributed by atoms with Gasteiger partial charge >= 0.3 is 0 Å². The summed E-state index contributed by atoms with van der Waals surface area (Å²) in [5.74, 6) is 0. The summed E-state index contributed by atoms with van der Waals surface area (Å²) in [7, 11) is 0. The van der Waals surface area contributed by atoms with Crippen molar-refractivity contribution in [1.82, 2.24) is 0 Å². The average molecular weight is 483 g/mol. The maximum atomic E-state index is 0. The molecule has 28 valence electrons. The van der Waals surface area contributed by atoms with Crippen LogP contribution in [-0.4, -0.2) is 0 Å². The Morgan fingerprint density at radius 3 is 0.500 bits per heavy atom. The van der Waals surface area contributed by atoms with Crippen LogP contribution in [0.4, 0.5) is 0 Å². The monoisotopic (exact) mass is 489 g/mol. The fourth-order valence-electron chi connectivity index (χ4n) is 0. The van der Waals surface area contributed by atoms with Gasteiger partial charge in [-0.25, -0.2) is 0 Å². The molecule has 0 rings (SSSR count). The second kappa shape index (κ2) is 17.1. The Hall–Kier alpha value is 2.75. The van der Waals surface area contributed by atoms with Crippen LogP contribution >= 0.6 is 0 Å². The van der Waals surface area contributed by atoms with Gasteiger partial charge in [0.05, 0.1) is 0 Å². The number of hydrogen-bond donors (Lipinski definition) is 0. The summed E-state index contributed by atoms with van der Waals surface area (Å²) < 4.78 is 0. The molecule has 0 N–H and O–H groups in total. The smallest absolute Gasteiger partial charge is 0 e. The maximum absolute atomic E-state index is 0. The second-order valence-electron chi connectivity index (χ2n) is 0. The molecule has 0 aromatic rings. The van der Waals surface area contributed by atoms with Crippen molar-refractivity contribution in [3.05, 3.63) is 0 Å². The minimum atomic E-state index is 0. The van der Waals surface area contributed by atoms with Crippen LogP contribution in [0.1, 0.15) is 0 Å². The summed E-state index contributed by atoms with van der Waals surface area (Å²) in [6.45, 7) is 0. The molecule has 0 unspecified atom stereocenters. The van der Waals surface area contributed by atoms with Crippen molar-refractivity contribution >= 4 is 0 Å². The molecule has 0 aliphatic heterocycles. The largest absolute Gasteiger partial charge is 0 e. The quantitative estimate of drug-likeness (QED) is 0.426. The molecular formula is Mo3Pt. The predicted octanol–water partition coefficient (Wildman–Crippen LogP) is -0.0100. The number of hydrogen-bond acceptors (Lipinski definition) is 0. The Kier molecular flexibility index (Phi) is 126. The Balaban J connectivity index is 0. The van der Waals surface area contributed by atoms with E-state index < -0.39 is 0 Å². The molecule has 0 aliphatic carbocycles. The van der Waals surface area contributed by atoms with Gasteiger partial charge in [0, 0.05) is 84.3 Å². The zero-order chi connectivity index (χ0) is 0. The second-order valence-corrected chi connectivity index (χ2v) is 0. The van der Waals surface area contributed by atoms with Gasteiger partial charge < -0.3 is 0 Å². The van der Waals surface area contributed by atoms with Gasteiger partial charge in [-0.1, -0.05) is 0 Å². The zero-order valence-electron chi connectivity index (χ0n) is 1.54. The van der Waals surface area contributed by atoms with E-state index >= 15 is 0 Å². The van der Waals surface area contributed by atoms with E-state index in [0.29, 0.717) is 0 Å². The van der Waals surface area contributed by atoms with E-state index in [0.717, 1.165) is 0 Å². The molecule has 0 heterocycles. The summed E-state index contributed by atoms with van der Waals surface area (Å²) >= 11 is 0. The van der Waals surface area contributed by atoms with Crippen molar-refractivity contribution in [1.29, 1.82) is 0 Å². The first-order valence-corrected chi connectivity index (χ1v) is 0. The van der Waals surface area contributed by atoms with Crippen LogP contribution in [0.2, 0.25) is 0 Å². The van der Waals surface area contributed by atoms with Crippen LogP contribution in [0.5, 0.6) is 0 Å². The van der Waals surface area contributed by atoms with Gasteiger partial charge in [0.15, 0.2) is 0 Å². The minimum Gasteiger partial charge on any atom is 0 e. The van der Waals surface area contributed by atoms with E-state index in [2.05, 4.69) is 0 Å². The van der Waals surface area contributed by atoms with Crippen molar-refractivity contribution in [3.63, 3.8) is 0 Å². The van der Waals surface area contributed by atoms with Crippen molar-refractivity contribution in [2.45, 2.75) is 0 Å². The standard InChI is InChI=1S/3Mo.Pt. The number of rotatable bonds is 0. The molecule has 0 fully saturated rings. The SMILES string of the molecule is [Mo].[Mo].[Mo].[Pt]. The van der Waals surface area contributed by atoms with E-state index in [1.54, 1.807) is 0 Å². The molecule has 0 saturated heterocycles. The van der Waals surface area contributed by atoms with Crippen molar-refractivity contribution in [2.24, 2.45) is 0 Å². The van der Waals surface area contributed by atoms with Gasteiger partial charge in [-0.3, -0.25) is 0 Å². The molecule has 0 saturated carbocycles. The van der Waals surface area contributed by atoms with Crippen molar-refractivity contribution in [2.75, 3.05) is 0 Å². The molecule has 0 amide bonds. The molecule has 0 aromatic carbocycles. The average Bonchev–Trinajstić information content (AvgIpc) is 0. The fraction of sp³-hybridized carbons (Fsp3) is 0. The van der Waals surface area contributed by atoms with Crippen LogP contribution in [0.3, 0.4) is 0 Å². The summed E-state index contributed by atoms with van der Waals surface area (Å²) in [6, 6.07) is 0. The van der Waals surface area contributed by atoms with Crippen molar-refractivity contribution in [3.8, 4) is 0 Å². The van der Waals surface area contributed by atoms with Gasteiger partial charge in [-0.2, -0.15) is 0 Å². The van der Waals surface area contributed by atoms with Gasteiger partial charge in [0.25, 0.3) is 0 Å². The third-order valence-electron chi connectivity index (χ3n) is 0. The first-order chi connectivity index (χ1) is 0. The molecule has 4 heteroatoms. The summed E-state index contributed by atoms with van der Waals surface area (Å²) in [4.78, 5) is 0. The molecule has 0 radical (unpaired) electrons. The fourth-order valence-corrected chi connectivity index (χ4v) is 0. The summed E-state index contributed by atoms with van der Waals surface area (Å²) in [6.07, 6.45) is 0. The Labute approximate surface area is 82.9 Å². The van der Waals surface area contributed by atoms with Crippen LogP contribution < -0.4 is 0 Å². The van der Waals surface area contributed by atoms with E-state index in [1.807, 2.05) is 0 Å². The van der Waals surface area contributed by atoms with E-state index in [1.165, 1.54) is 0 Å². The Morgan fingerprint density at radius 1 is 0.500 bits per heavy atom. The van der Waals surface area contributed by atoms with Crippen LogP contribution in [-0.2, 0) is 84.3 Å². The van der Waals surface area contributed by atoms with Gasteiger partial charge in [-0.05, 0) is 0 Å². The first-order valence-electron chi connectivity index (χ1n) is 0. The van der Waals surface area contributed by atoms with Gasteiger partial charge in [0.1, 0.15) is 0 Å². The minimum absolute atomic E-state index is 0. The third kappa shape index (κ3) is 8.83. The Morgan fingerprint density at radius 2 is 0.500 bits per heavy atom. The molecule has 0 atom stereocenters. The topological polar surface area (TPSA) is 0 Å². The summed E-state index contributed by atoms with van der Waals surface area (Å²) in [5, 5.41) is 0. The van der Waals surface area contributed by atoms with E-state index in [-0.39, 0.29) is 84.3 Å². The molecule has 0 aliphatic rings. The van der Waals surface area contributed by atoms with Crippen molar-refractivity contribution < 1.29 is 84.3 Å². The maximum Gasteiger partial charge on any atom is 0 e. The van der Waals surface area contributed by atoms with Crippen LogP contribution in [0.15, 0.2) is 0 Å². The van der Waals surface area contributed by atoms with E-state index in [9.17, 15) is 0 Å². The molecule has 4 heavy (non-hydrogen) atoms. The van der Waals surface area contributed by atoms with E-state index in [4.69, 9.17) is 0 Å². The zero-order valence-corrected chi connectivity index (χ0v) is 9.83. The molecule has 0 bridgehead atoms. The summed E-state index contributed by atoms with van der Waals surface area (Å²) in [5.41, 5.74) is 0. The molecule has 0 aromatic heterocycles. The molecule has 0 nitrogen and oxygen atoms in total. The van der Waals surface area contributed by atoms with Crippen LogP contribution in [0, 0.1) is 0 Å². The third-order valence-corrected chi connectivity index (χ3v) is 0. The van der Waals surface area contributed by atoms with Crippen LogP contribution in [0.25, 0.3) is 0 Å². The van der Waals surface area contributed by atoms with Gasteiger partial charge in [0.2, 0.25) is 0 Å². The predicted molar refractivity (Wildman–Crippen MR) is 0 cm³/mol. The van der Waals surface area contributed by atoms with Gasteiger partial charge in [-0.15, -0.1) is 0 Å². The molecular weight excluding hydrogens is 483 g/mol. The molecule has 0 spiro atoms.